The number of hydroxylamine groups is 2. The van der Waals surface area contributed by atoms with Gasteiger partial charge in [-0.25, -0.2) is 9.86 Å². The van der Waals surface area contributed by atoms with Crippen LogP contribution in [0.4, 0.5) is 4.79 Å². The van der Waals surface area contributed by atoms with Crippen LogP contribution in [0.5, 0.6) is 0 Å². The molecule has 0 aromatic carbocycles. The van der Waals surface area contributed by atoms with Crippen LogP contribution in [0.3, 0.4) is 0 Å². The molecule has 20 nitrogen and oxygen atoms in total. The molecule has 0 radical (unpaired) electrons. The van der Waals surface area contributed by atoms with Crippen molar-refractivity contribution in [3.05, 3.63) is 0 Å². The van der Waals surface area contributed by atoms with Gasteiger partial charge in [-0.1, -0.05) is 0 Å². The van der Waals surface area contributed by atoms with E-state index in [1.54, 1.807) is 0 Å². The number of nitrogens with one attached hydrogen (secondary N) is 3. The number of aliphatic hydroxyl groups is 7. The Hall–Kier alpha value is -1.41. The highest BCUT2D eigenvalue weighted by Crippen LogP contribution is 2.32. The van der Waals surface area contributed by atoms with Gasteiger partial charge in [0.05, 0.1) is 31.3 Å². The molecule has 0 aromatic rings. The van der Waals surface area contributed by atoms with Gasteiger partial charge in [-0.05, 0) is 33.4 Å². The van der Waals surface area contributed by atoms with E-state index in [9.17, 15) is 45.7 Å². The van der Waals surface area contributed by atoms with E-state index in [4.69, 9.17) is 36.1 Å². The van der Waals surface area contributed by atoms with E-state index in [1.165, 1.54) is 14.0 Å². The first-order valence-electron chi connectivity index (χ1n) is 15.4. The number of ether oxygens (including phenoxy) is 4. The van der Waals surface area contributed by atoms with Gasteiger partial charge < -0.3 is 87.8 Å². The number of rotatable bonds is 14. The Morgan fingerprint density at radius 1 is 1.02 bits per heavy atom. The minimum absolute atomic E-state index is 0.0466. The van der Waals surface area contributed by atoms with Crippen molar-refractivity contribution in [2.24, 2.45) is 17.2 Å². The molecule has 1 aliphatic carbocycles. The van der Waals surface area contributed by atoms with E-state index >= 15 is 0 Å². The van der Waals surface area contributed by atoms with Crippen LogP contribution in [0, 0.1) is 0 Å². The Morgan fingerprint density at radius 3 is 2.33 bits per heavy atom. The first kappa shape index (κ1) is 39.0. The van der Waals surface area contributed by atoms with Gasteiger partial charge in [0, 0.05) is 25.7 Å². The van der Waals surface area contributed by atoms with Crippen molar-refractivity contribution in [3.63, 3.8) is 0 Å². The Balaban J connectivity index is 1.80. The molecule has 46 heavy (non-hydrogen) atoms. The summed E-state index contributed by atoms with van der Waals surface area (Å²) in [5, 5.41) is 93.3. The van der Waals surface area contributed by atoms with Gasteiger partial charge >= 0.3 is 6.03 Å². The second kappa shape index (κ2) is 17.3. The molecule has 3 rings (SSSR count). The molecule has 270 valence electrons. The normalized spacial score (nSPS) is 42.4. The summed E-state index contributed by atoms with van der Waals surface area (Å²) in [5.74, 6) is 0. The summed E-state index contributed by atoms with van der Waals surface area (Å²) in [5.41, 5.74) is 15.7. The highest BCUT2D eigenvalue weighted by molar-refractivity contribution is 5.73. The lowest BCUT2D eigenvalue weighted by atomic mass is 9.83. The summed E-state index contributed by atoms with van der Waals surface area (Å²) in [6.07, 6.45) is -15.6. The summed E-state index contributed by atoms with van der Waals surface area (Å²) >= 11 is 0. The third-order valence-corrected chi connectivity index (χ3v) is 8.52. The lowest BCUT2D eigenvalue weighted by Gasteiger charge is -2.49. The van der Waals surface area contributed by atoms with Gasteiger partial charge in [-0.2, -0.15) is 0 Å². The smallest absolute Gasteiger partial charge is 0.341 e. The lowest BCUT2D eigenvalue weighted by molar-refractivity contribution is -0.330. The molecule has 3 aliphatic rings. The fourth-order valence-corrected chi connectivity index (χ4v) is 5.95. The van der Waals surface area contributed by atoms with Crippen LogP contribution < -0.4 is 33.2 Å². The number of carbonyl (C=O) groups is 1. The fourth-order valence-electron chi connectivity index (χ4n) is 5.95. The lowest BCUT2D eigenvalue weighted by Crippen LogP contribution is -2.70. The van der Waals surface area contributed by atoms with Crippen LogP contribution in [0.1, 0.15) is 19.8 Å². The zero-order chi connectivity index (χ0) is 34.3. The molecule has 2 amide bonds. The van der Waals surface area contributed by atoms with Crippen molar-refractivity contribution in [3.8, 4) is 0 Å². The second-order valence-corrected chi connectivity index (χ2v) is 12.3. The van der Waals surface area contributed by atoms with Crippen LogP contribution >= 0.6 is 0 Å². The summed E-state index contributed by atoms with van der Waals surface area (Å²) in [6, 6.07) is -4.02. The Kier molecular flexibility index (Phi) is 14.7. The van der Waals surface area contributed by atoms with Crippen LogP contribution in [-0.2, 0) is 18.9 Å². The average molecular weight is 672 g/mol. The van der Waals surface area contributed by atoms with Crippen LogP contribution in [0.15, 0.2) is 0 Å². The number of carbonyl (C=O) groups excluding carboxylic acids is 1. The summed E-state index contributed by atoms with van der Waals surface area (Å²) < 4.78 is 23.2. The van der Waals surface area contributed by atoms with Gasteiger partial charge in [0.25, 0.3) is 0 Å². The second-order valence-electron chi connectivity index (χ2n) is 12.3. The van der Waals surface area contributed by atoms with E-state index in [-0.39, 0.29) is 45.8 Å². The topological polar surface area (TPSA) is 333 Å². The molecule has 17 N–H and O–H groups in total. The van der Waals surface area contributed by atoms with E-state index < -0.39 is 97.3 Å². The van der Waals surface area contributed by atoms with E-state index in [2.05, 4.69) is 16.0 Å². The highest BCUT2D eigenvalue weighted by Gasteiger charge is 2.53. The number of likely N-dealkylation sites (N-methyl/N-ethyl adjacent to an activating group) is 1. The average Bonchev–Trinajstić information content (AvgIpc) is 2.99. The maximum atomic E-state index is 12.7. The molecule has 2 heterocycles. The van der Waals surface area contributed by atoms with Gasteiger partial charge in [0.15, 0.2) is 12.6 Å². The predicted octanol–water partition coefficient (Wildman–Crippen LogP) is -7.26. The molecule has 0 bridgehead atoms. The van der Waals surface area contributed by atoms with Crippen molar-refractivity contribution in [2.45, 2.75) is 111 Å². The van der Waals surface area contributed by atoms with Crippen molar-refractivity contribution >= 4 is 6.03 Å². The first-order valence-corrected chi connectivity index (χ1v) is 15.4. The van der Waals surface area contributed by atoms with Crippen molar-refractivity contribution in [2.75, 3.05) is 46.4 Å². The minimum Gasteiger partial charge on any atom is -0.392 e. The van der Waals surface area contributed by atoms with Gasteiger partial charge in [0.2, 0.25) is 0 Å². The van der Waals surface area contributed by atoms with E-state index in [1.807, 2.05) is 0 Å². The molecule has 2 saturated heterocycles. The predicted molar refractivity (Wildman–Crippen MR) is 157 cm³/mol. The highest BCUT2D eigenvalue weighted by atomic mass is 16.7. The number of urea groups is 1. The molecular weight excluding hydrogens is 618 g/mol. The summed E-state index contributed by atoms with van der Waals surface area (Å²) in [6.45, 7) is 1.26. The number of hydrogen-bond donors (Lipinski definition) is 14. The molecule has 1 saturated carbocycles. The number of nitrogens with two attached hydrogens (primary N) is 3. The molecule has 20 heteroatoms. The van der Waals surface area contributed by atoms with Gasteiger partial charge in [0.1, 0.15) is 54.4 Å². The molecule has 2 unspecified atom stereocenters. The molecule has 0 spiro atoms. The Labute approximate surface area is 266 Å². The molecular formula is C26H53N7O13. The van der Waals surface area contributed by atoms with Crippen LogP contribution in [-0.4, -0.2) is 190 Å². The Morgan fingerprint density at radius 2 is 1.70 bits per heavy atom. The molecule has 2 aliphatic heterocycles. The molecule has 15 atom stereocenters. The molecule has 3 fully saturated rings. The number of hydrogen-bond acceptors (Lipinski definition) is 18. The number of amides is 2. The third kappa shape index (κ3) is 9.39. The van der Waals surface area contributed by atoms with E-state index in [0.717, 1.165) is 0 Å². The maximum absolute atomic E-state index is 12.7. The van der Waals surface area contributed by atoms with Gasteiger partial charge in [-0.3, -0.25) is 5.21 Å². The van der Waals surface area contributed by atoms with Crippen molar-refractivity contribution in [1.29, 1.82) is 0 Å². The standard InChI is InChI=1S/C26H53N7O13/c1-26(41)10-43-23(19(39)22(26)30-2)46-21-13(32-25(40)33(42)6-5-28)7-12(29)20(18(21)38)45-24-17(37)16(36)15(35)14(44-24)9-31-8-11(34)3-4-27/h11-24,30-31,34-39,41-42H,3-10,27-29H2,1-2H3,(H,32,40)/t11?,12-,13+,14+,15+,16-,17+,18-,19+,20?,21-,22+,23+,24+,26-/m0/s1. The number of aliphatic hydroxyl groups excluding tert-OH is 6. The zero-order valence-corrected chi connectivity index (χ0v) is 26.0. The first-order chi connectivity index (χ1) is 21.7. The minimum atomic E-state index is -1.77. The largest absolute Gasteiger partial charge is 0.392 e. The molecule has 0 aromatic heterocycles. The van der Waals surface area contributed by atoms with E-state index in [0.29, 0.717) is 11.5 Å². The van der Waals surface area contributed by atoms with Crippen LogP contribution in [0.2, 0.25) is 0 Å². The SMILES string of the molecule is CN[C@@H]1[C@@H](O)[C@@H](O[C@H]2[C@H](NC(=O)N(O)CCN)C[C@H](N)C(O[C@H]3O[C@H](CNCC(O)CCN)[C@@H](O)[C@H](O)[C@H]3O)[C@@H]2O)OC[C@]1(C)O. The Bertz CT molecular complexity index is 945. The third-order valence-electron chi connectivity index (χ3n) is 8.52. The van der Waals surface area contributed by atoms with Crippen LogP contribution in [0.25, 0.3) is 0 Å². The monoisotopic (exact) mass is 671 g/mol. The quantitative estimate of drug-likeness (QED) is 0.0602. The fraction of sp³-hybridized carbons (Fsp3) is 0.962. The number of nitrogens with zero attached hydrogens (tertiary/aromatic N) is 1. The van der Waals surface area contributed by atoms with Crippen molar-refractivity contribution < 1.29 is 64.7 Å². The summed E-state index contributed by atoms with van der Waals surface area (Å²) in [7, 11) is 1.52. The zero-order valence-electron chi connectivity index (χ0n) is 26.0. The summed E-state index contributed by atoms with van der Waals surface area (Å²) in [4.78, 5) is 12.7. The van der Waals surface area contributed by atoms with Crippen molar-refractivity contribution in [1.82, 2.24) is 21.0 Å². The maximum Gasteiger partial charge on any atom is 0.341 e. The van der Waals surface area contributed by atoms with Gasteiger partial charge in [-0.15, -0.1) is 0 Å².